The molecule has 3 nitrogen and oxygen atoms in total. The van der Waals surface area contributed by atoms with Crippen LogP contribution in [0.3, 0.4) is 0 Å². The van der Waals surface area contributed by atoms with Crippen molar-refractivity contribution < 1.29 is 14.2 Å². The Morgan fingerprint density at radius 2 is 1.88 bits per heavy atom. The molecule has 0 amide bonds. The molecule has 0 aromatic heterocycles. The maximum atomic E-state index is 6.04. The second-order valence-corrected chi connectivity index (χ2v) is 5.60. The molecule has 0 N–H and O–H groups in total. The summed E-state index contributed by atoms with van der Waals surface area (Å²) in [5, 5.41) is 0.105. The molecule has 0 saturated heterocycles. The van der Waals surface area contributed by atoms with Crippen LogP contribution in [0.25, 0.3) is 0 Å². The summed E-state index contributed by atoms with van der Waals surface area (Å²) in [7, 11) is 0. The molecule has 96 valence electrons. The molecule has 1 fully saturated rings. The Bertz CT molecular complexity index is 203. The highest BCUT2D eigenvalue weighted by atomic mass is 35.5. The minimum absolute atomic E-state index is 0.0568. The van der Waals surface area contributed by atoms with Crippen molar-refractivity contribution in [3.63, 3.8) is 0 Å². The van der Waals surface area contributed by atoms with Crippen LogP contribution in [0, 0.1) is 0 Å². The van der Waals surface area contributed by atoms with E-state index in [0.29, 0.717) is 19.8 Å². The van der Waals surface area contributed by atoms with E-state index in [-0.39, 0.29) is 23.2 Å². The van der Waals surface area contributed by atoms with Crippen molar-refractivity contribution >= 4 is 11.6 Å². The van der Waals surface area contributed by atoms with Crippen molar-refractivity contribution in [3.05, 3.63) is 0 Å². The Hall–Kier alpha value is 0.170. The number of halogens is 1. The molecule has 0 bridgehead atoms. The van der Waals surface area contributed by atoms with E-state index in [4.69, 9.17) is 25.8 Å². The lowest BCUT2D eigenvalue weighted by molar-refractivity contribution is -0.136. The summed E-state index contributed by atoms with van der Waals surface area (Å²) >= 11 is 6.04. The minimum atomic E-state index is -0.0999. The molecule has 4 heteroatoms. The van der Waals surface area contributed by atoms with Gasteiger partial charge in [0.1, 0.15) is 6.10 Å². The first-order valence-corrected chi connectivity index (χ1v) is 6.39. The lowest BCUT2D eigenvalue weighted by Crippen LogP contribution is -2.51. The van der Waals surface area contributed by atoms with E-state index in [2.05, 4.69) is 0 Å². The Labute approximate surface area is 103 Å². The SMILES string of the molecule is CCOC1C(Cl)CC1OCCOC(C)(C)C. The molecule has 1 aliphatic rings. The third kappa shape index (κ3) is 4.58. The topological polar surface area (TPSA) is 27.7 Å². The van der Waals surface area contributed by atoms with Gasteiger partial charge in [-0.25, -0.2) is 0 Å². The predicted octanol–water partition coefficient (Wildman–Crippen LogP) is 2.60. The lowest BCUT2D eigenvalue weighted by Gasteiger charge is -2.40. The molecule has 0 spiro atoms. The Morgan fingerprint density at radius 3 is 2.38 bits per heavy atom. The van der Waals surface area contributed by atoms with E-state index in [1.54, 1.807) is 0 Å². The van der Waals surface area contributed by atoms with Crippen LogP contribution in [0.1, 0.15) is 34.1 Å². The quantitative estimate of drug-likeness (QED) is 0.536. The highest BCUT2D eigenvalue weighted by molar-refractivity contribution is 6.21. The number of hydrogen-bond acceptors (Lipinski definition) is 3. The van der Waals surface area contributed by atoms with Crippen molar-refractivity contribution in [2.75, 3.05) is 19.8 Å². The van der Waals surface area contributed by atoms with Crippen LogP contribution >= 0.6 is 11.6 Å². The maximum absolute atomic E-state index is 6.04. The summed E-state index contributed by atoms with van der Waals surface area (Å²) in [5.41, 5.74) is -0.0999. The van der Waals surface area contributed by atoms with E-state index in [9.17, 15) is 0 Å². The molecular weight excluding hydrogens is 228 g/mol. The average molecular weight is 251 g/mol. The van der Waals surface area contributed by atoms with Crippen LogP contribution in [-0.4, -0.2) is 43.0 Å². The first kappa shape index (κ1) is 14.2. The highest BCUT2D eigenvalue weighted by Crippen LogP contribution is 2.31. The van der Waals surface area contributed by atoms with Crippen LogP contribution in [0.5, 0.6) is 0 Å². The van der Waals surface area contributed by atoms with Gasteiger partial charge in [-0.05, 0) is 34.1 Å². The standard InChI is InChI=1S/C12H23ClO3/c1-5-14-11-9(13)8-10(11)15-6-7-16-12(2,3)4/h9-11H,5-8H2,1-4H3. The summed E-state index contributed by atoms with van der Waals surface area (Å²) in [6.45, 7) is 9.99. The first-order chi connectivity index (χ1) is 7.44. The van der Waals surface area contributed by atoms with Crippen molar-refractivity contribution in [1.82, 2.24) is 0 Å². The molecule has 1 saturated carbocycles. The van der Waals surface area contributed by atoms with Gasteiger partial charge in [-0.2, -0.15) is 0 Å². The van der Waals surface area contributed by atoms with E-state index < -0.39 is 0 Å². The van der Waals surface area contributed by atoms with E-state index in [1.165, 1.54) is 0 Å². The Morgan fingerprint density at radius 1 is 1.19 bits per heavy atom. The van der Waals surface area contributed by atoms with Crippen molar-refractivity contribution in [2.24, 2.45) is 0 Å². The Balaban J connectivity index is 2.10. The fourth-order valence-electron chi connectivity index (χ4n) is 1.64. The fourth-order valence-corrected chi connectivity index (χ4v) is 2.05. The lowest BCUT2D eigenvalue weighted by atomic mass is 9.91. The van der Waals surface area contributed by atoms with Crippen LogP contribution in [0.15, 0.2) is 0 Å². The third-order valence-corrected chi connectivity index (χ3v) is 2.92. The smallest absolute Gasteiger partial charge is 0.100 e. The molecule has 0 radical (unpaired) electrons. The number of rotatable bonds is 6. The van der Waals surface area contributed by atoms with Gasteiger partial charge in [0, 0.05) is 6.61 Å². The second-order valence-electron chi connectivity index (χ2n) is 5.04. The number of hydrogen-bond donors (Lipinski definition) is 0. The van der Waals surface area contributed by atoms with Crippen LogP contribution in [0.2, 0.25) is 0 Å². The molecule has 0 aliphatic heterocycles. The highest BCUT2D eigenvalue weighted by Gasteiger charge is 2.41. The molecule has 1 rings (SSSR count). The van der Waals surface area contributed by atoms with Crippen LogP contribution in [0.4, 0.5) is 0 Å². The Kier molecular flexibility index (Phi) is 5.51. The zero-order chi connectivity index (χ0) is 12.2. The summed E-state index contributed by atoms with van der Waals surface area (Å²) in [6, 6.07) is 0. The van der Waals surface area contributed by atoms with Gasteiger partial charge in [0.2, 0.25) is 0 Å². The number of alkyl halides is 1. The van der Waals surface area contributed by atoms with Gasteiger partial charge in [0.15, 0.2) is 0 Å². The van der Waals surface area contributed by atoms with Crippen molar-refractivity contribution in [1.29, 1.82) is 0 Å². The third-order valence-electron chi connectivity index (χ3n) is 2.49. The minimum Gasteiger partial charge on any atom is -0.374 e. The van der Waals surface area contributed by atoms with Gasteiger partial charge in [-0.15, -0.1) is 11.6 Å². The summed E-state index contributed by atoms with van der Waals surface area (Å²) in [5.74, 6) is 0. The van der Waals surface area contributed by atoms with Gasteiger partial charge >= 0.3 is 0 Å². The van der Waals surface area contributed by atoms with Gasteiger partial charge in [-0.1, -0.05) is 0 Å². The van der Waals surface area contributed by atoms with Gasteiger partial charge in [-0.3, -0.25) is 0 Å². The molecule has 0 heterocycles. The normalized spacial score (nSPS) is 30.2. The largest absolute Gasteiger partial charge is 0.374 e. The average Bonchev–Trinajstić information content (AvgIpc) is 2.17. The van der Waals surface area contributed by atoms with Gasteiger partial charge in [0.05, 0.1) is 30.3 Å². The van der Waals surface area contributed by atoms with Gasteiger partial charge in [0.25, 0.3) is 0 Å². The van der Waals surface area contributed by atoms with Gasteiger partial charge < -0.3 is 14.2 Å². The zero-order valence-electron chi connectivity index (χ0n) is 10.7. The molecule has 1 aliphatic carbocycles. The monoisotopic (exact) mass is 250 g/mol. The summed E-state index contributed by atoms with van der Waals surface area (Å²) < 4.78 is 16.7. The number of ether oxygens (including phenoxy) is 3. The van der Waals surface area contributed by atoms with E-state index in [0.717, 1.165) is 6.42 Å². The summed E-state index contributed by atoms with van der Waals surface area (Å²) in [4.78, 5) is 0. The van der Waals surface area contributed by atoms with E-state index in [1.807, 2.05) is 27.7 Å². The molecule has 16 heavy (non-hydrogen) atoms. The van der Waals surface area contributed by atoms with Crippen molar-refractivity contribution in [2.45, 2.75) is 57.3 Å². The zero-order valence-corrected chi connectivity index (χ0v) is 11.4. The maximum Gasteiger partial charge on any atom is 0.100 e. The summed E-state index contributed by atoms with van der Waals surface area (Å²) in [6.07, 6.45) is 1.08. The molecule has 3 atom stereocenters. The fraction of sp³-hybridized carbons (Fsp3) is 1.00. The molecule has 0 aromatic carbocycles. The van der Waals surface area contributed by atoms with Crippen LogP contribution in [-0.2, 0) is 14.2 Å². The molecule has 0 aromatic rings. The predicted molar refractivity (Wildman–Crippen MR) is 65.1 cm³/mol. The molecule has 3 unspecified atom stereocenters. The molecular formula is C12H23ClO3. The van der Waals surface area contributed by atoms with Crippen molar-refractivity contribution in [3.8, 4) is 0 Å². The first-order valence-electron chi connectivity index (χ1n) is 5.95. The van der Waals surface area contributed by atoms with Crippen LogP contribution < -0.4 is 0 Å². The second kappa shape index (κ2) is 6.20. The van der Waals surface area contributed by atoms with E-state index >= 15 is 0 Å².